The van der Waals surface area contributed by atoms with E-state index >= 15 is 0 Å². The van der Waals surface area contributed by atoms with Crippen molar-refractivity contribution in [1.82, 2.24) is 5.43 Å². The fourth-order valence-corrected chi connectivity index (χ4v) is 3.22. The molecule has 3 nitrogen and oxygen atoms in total. The number of rotatable bonds is 3. The van der Waals surface area contributed by atoms with Crippen LogP contribution in [-0.2, 0) is 4.74 Å². The van der Waals surface area contributed by atoms with Gasteiger partial charge in [0.15, 0.2) is 0 Å². The summed E-state index contributed by atoms with van der Waals surface area (Å²) in [4.78, 5) is 2.71. The van der Waals surface area contributed by atoms with Crippen LogP contribution in [0.15, 0.2) is 6.07 Å². The number of hydrogen-bond acceptors (Lipinski definition) is 4. The van der Waals surface area contributed by atoms with E-state index in [1.165, 1.54) is 15.3 Å². The molecule has 1 aromatic heterocycles. The van der Waals surface area contributed by atoms with E-state index in [1.54, 1.807) is 0 Å². The Kier molecular flexibility index (Phi) is 3.41. The zero-order valence-corrected chi connectivity index (χ0v) is 10.1. The smallest absolute Gasteiger partial charge is 0.0604 e. The van der Waals surface area contributed by atoms with Gasteiger partial charge in [-0.25, -0.2) is 0 Å². The molecule has 15 heavy (non-hydrogen) atoms. The number of nitrogens with two attached hydrogens (primary N) is 1. The topological polar surface area (TPSA) is 47.3 Å². The summed E-state index contributed by atoms with van der Waals surface area (Å²) in [7, 11) is 0. The van der Waals surface area contributed by atoms with E-state index in [1.807, 2.05) is 11.3 Å². The first-order chi connectivity index (χ1) is 7.22. The minimum atomic E-state index is 0.255. The molecule has 1 fully saturated rings. The van der Waals surface area contributed by atoms with Gasteiger partial charge in [-0.1, -0.05) is 0 Å². The highest BCUT2D eigenvalue weighted by Crippen LogP contribution is 2.33. The Morgan fingerprint density at radius 2 is 2.40 bits per heavy atom. The summed E-state index contributed by atoms with van der Waals surface area (Å²) >= 11 is 1.84. The molecule has 84 valence electrons. The van der Waals surface area contributed by atoms with E-state index in [0.717, 1.165) is 19.6 Å². The van der Waals surface area contributed by atoms with Crippen LogP contribution in [0.2, 0.25) is 0 Å². The van der Waals surface area contributed by atoms with Gasteiger partial charge in [0.05, 0.1) is 12.6 Å². The number of hydrazine groups is 1. The lowest BCUT2D eigenvalue weighted by Crippen LogP contribution is -2.33. The van der Waals surface area contributed by atoms with Gasteiger partial charge in [-0.2, -0.15) is 0 Å². The van der Waals surface area contributed by atoms with Crippen molar-refractivity contribution in [1.29, 1.82) is 0 Å². The van der Waals surface area contributed by atoms with Crippen molar-refractivity contribution in [3.63, 3.8) is 0 Å². The molecular formula is C11H18N2OS. The Morgan fingerprint density at radius 3 is 2.87 bits per heavy atom. The molecule has 0 saturated carbocycles. The number of thiophene rings is 1. The van der Waals surface area contributed by atoms with Gasteiger partial charge in [0, 0.05) is 22.3 Å². The molecule has 2 heterocycles. The summed E-state index contributed by atoms with van der Waals surface area (Å²) in [6.07, 6.45) is 1.10. The number of aryl methyl sites for hydroxylation is 2. The average Bonchev–Trinajstić information content (AvgIpc) is 2.80. The molecule has 1 saturated heterocycles. The molecule has 0 radical (unpaired) electrons. The van der Waals surface area contributed by atoms with Crippen LogP contribution in [-0.4, -0.2) is 13.2 Å². The van der Waals surface area contributed by atoms with Gasteiger partial charge in [0.25, 0.3) is 0 Å². The van der Waals surface area contributed by atoms with E-state index < -0.39 is 0 Å². The predicted octanol–water partition coefficient (Wildman–Crippen LogP) is 1.91. The van der Waals surface area contributed by atoms with Gasteiger partial charge >= 0.3 is 0 Å². The molecule has 0 bridgehead atoms. The number of nitrogens with one attached hydrogen (secondary N) is 1. The van der Waals surface area contributed by atoms with E-state index in [9.17, 15) is 0 Å². The molecule has 2 atom stereocenters. The predicted molar refractivity (Wildman–Crippen MR) is 62.8 cm³/mol. The zero-order chi connectivity index (χ0) is 10.8. The fourth-order valence-electron chi connectivity index (χ4n) is 2.02. The van der Waals surface area contributed by atoms with Gasteiger partial charge in [-0.05, 0) is 31.9 Å². The second kappa shape index (κ2) is 4.61. The molecular weight excluding hydrogens is 208 g/mol. The molecule has 1 aliphatic rings. The fraction of sp³-hybridized carbons (Fsp3) is 0.636. The summed E-state index contributed by atoms with van der Waals surface area (Å²) in [5, 5.41) is 0. The Balaban J connectivity index is 2.18. The molecule has 2 unspecified atom stereocenters. The maximum Gasteiger partial charge on any atom is 0.0604 e. The van der Waals surface area contributed by atoms with Gasteiger partial charge in [0.1, 0.15) is 0 Å². The summed E-state index contributed by atoms with van der Waals surface area (Å²) in [5.74, 6) is 6.17. The lowest BCUT2D eigenvalue weighted by Gasteiger charge is -2.19. The first-order valence-electron chi connectivity index (χ1n) is 5.33. The monoisotopic (exact) mass is 226 g/mol. The highest BCUT2D eigenvalue weighted by atomic mass is 32.1. The number of hydrogen-bond donors (Lipinski definition) is 2. The molecule has 2 rings (SSSR count). The van der Waals surface area contributed by atoms with Crippen molar-refractivity contribution in [3.8, 4) is 0 Å². The molecule has 0 aliphatic carbocycles. The minimum Gasteiger partial charge on any atom is -0.381 e. The Bertz CT molecular complexity index is 312. The second-order valence-electron chi connectivity index (χ2n) is 4.16. The summed E-state index contributed by atoms with van der Waals surface area (Å²) in [6.45, 7) is 5.99. The third-order valence-corrected chi connectivity index (χ3v) is 4.34. The quantitative estimate of drug-likeness (QED) is 0.611. The van der Waals surface area contributed by atoms with Crippen LogP contribution in [0.4, 0.5) is 0 Å². The summed E-state index contributed by atoms with van der Waals surface area (Å²) in [6, 6.07) is 2.49. The molecule has 0 spiro atoms. The van der Waals surface area contributed by atoms with E-state index in [4.69, 9.17) is 10.6 Å². The minimum absolute atomic E-state index is 0.255. The molecule has 0 aromatic carbocycles. The Hall–Kier alpha value is -0.420. The van der Waals surface area contributed by atoms with E-state index in [2.05, 4.69) is 25.3 Å². The van der Waals surface area contributed by atoms with Crippen molar-refractivity contribution in [2.75, 3.05) is 13.2 Å². The van der Waals surface area contributed by atoms with Crippen LogP contribution in [0.5, 0.6) is 0 Å². The number of ether oxygens (including phenoxy) is 1. The van der Waals surface area contributed by atoms with Crippen molar-refractivity contribution in [2.45, 2.75) is 26.3 Å². The SMILES string of the molecule is Cc1cc(C(NN)C2CCOC2)sc1C. The van der Waals surface area contributed by atoms with Crippen LogP contribution in [0, 0.1) is 19.8 Å². The van der Waals surface area contributed by atoms with Gasteiger partial charge in [-0.15, -0.1) is 11.3 Å². The molecule has 1 aliphatic heterocycles. The van der Waals surface area contributed by atoms with Gasteiger partial charge in [0.2, 0.25) is 0 Å². The molecule has 1 aromatic rings. The van der Waals surface area contributed by atoms with Crippen LogP contribution in [0.25, 0.3) is 0 Å². The highest BCUT2D eigenvalue weighted by Gasteiger charge is 2.27. The van der Waals surface area contributed by atoms with Crippen LogP contribution >= 0.6 is 11.3 Å². The largest absolute Gasteiger partial charge is 0.381 e. The van der Waals surface area contributed by atoms with Crippen LogP contribution in [0.1, 0.15) is 27.8 Å². The maximum absolute atomic E-state index is 5.65. The summed E-state index contributed by atoms with van der Waals surface area (Å²) < 4.78 is 5.41. The van der Waals surface area contributed by atoms with Crippen molar-refractivity contribution in [3.05, 3.63) is 21.4 Å². The standard InChI is InChI=1S/C11H18N2OS/c1-7-5-10(15-8(7)2)11(13-12)9-3-4-14-6-9/h5,9,11,13H,3-4,6,12H2,1-2H3. The third kappa shape index (κ3) is 2.23. The van der Waals surface area contributed by atoms with E-state index in [0.29, 0.717) is 5.92 Å². The van der Waals surface area contributed by atoms with Crippen molar-refractivity contribution < 1.29 is 4.74 Å². The Labute approximate surface area is 94.6 Å². The molecule has 0 amide bonds. The highest BCUT2D eigenvalue weighted by molar-refractivity contribution is 7.12. The molecule has 3 N–H and O–H groups in total. The zero-order valence-electron chi connectivity index (χ0n) is 9.25. The first kappa shape index (κ1) is 11.1. The third-order valence-electron chi connectivity index (χ3n) is 3.11. The van der Waals surface area contributed by atoms with Crippen molar-refractivity contribution in [2.24, 2.45) is 11.8 Å². The Morgan fingerprint density at radius 1 is 1.60 bits per heavy atom. The lowest BCUT2D eigenvalue weighted by molar-refractivity contribution is 0.177. The maximum atomic E-state index is 5.65. The summed E-state index contributed by atoms with van der Waals surface area (Å²) in [5.41, 5.74) is 4.29. The van der Waals surface area contributed by atoms with Crippen LogP contribution in [0.3, 0.4) is 0 Å². The van der Waals surface area contributed by atoms with Crippen molar-refractivity contribution >= 4 is 11.3 Å². The first-order valence-corrected chi connectivity index (χ1v) is 6.15. The lowest BCUT2D eigenvalue weighted by atomic mass is 9.98. The van der Waals surface area contributed by atoms with E-state index in [-0.39, 0.29) is 6.04 Å². The molecule has 4 heteroatoms. The second-order valence-corrected chi connectivity index (χ2v) is 5.44. The van der Waals surface area contributed by atoms with Gasteiger partial charge < -0.3 is 4.74 Å². The normalized spacial score (nSPS) is 23.3. The van der Waals surface area contributed by atoms with Gasteiger partial charge in [-0.3, -0.25) is 11.3 Å². The van der Waals surface area contributed by atoms with Crippen LogP contribution < -0.4 is 11.3 Å². The average molecular weight is 226 g/mol.